The van der Waals surface area contributed by atoms with Crippen molar-refractivity contribution in [2.45, 2.75) is 38.8 Å². The predicted octanol–water partition coefficient (Wildman–Crippen LogP) is 4.01. The van der Waals surface area contributed by atoms with Gasteiger partial charge < -0.3 is 16.6 Å². The Kier molecular flexibility index (Phi) is 8.56. The Balaban J connectivity index is 0.00000324. The molecule has 0 aromatic heterocycles. The zero-order valence-electron chi connectivity index (χ0n) is 11.1. The van der Waals surface area contributed by atoms with Crippen LogP contribution >= 0.6 is 44.3 Å². The second kappa shape index (κ2) is 8.47. The summed E-state index contributed by atoms with van der Waals surface area (Å²) in [4.78, 5) is 0. The third kappa shape index (κ3) is 5.60. The highest BCUT2D eigenvalue weighted by Crippen LogP contribution is 2.33. The van der Waals surface area contributed by atoms with Crippen molar-refractivity contribution in [2.75, 3.05) is 5.73 Å². The molecular weight excluding hydrogens is 395 g/mol. The van der Waals surface area contributed by atoms with Crippen LogP contribution in [0.4, 0.5) is 5.69 Å². The Hall–Kier alpha value is 0.190. The molecule has 19 heavy (non-hydrogen) atoms. The van der Waals surface area contributed by atoms with E-state index in [2.05, 4.69) is 45.7 Å². The molecule has 0 unspecified atom stereocenters. The number of halogens is 3. The number of rotatable bonds is 5. The fraction of sp³-hybridized carbons (Fsp3) is 0.538. The van der Waals surface area contributed by atoms with Gasteiger partial charge in [-0.05, 0) is 52.4 Å². The maximum absolute atomic E-state index is 10.1. The summed E-state index contributed by atoms with van der Waals surface area (Å²) in [7, 11) is 0. The summed E-state index contributed by atoms with van der Waals surface area (Å²) in [5, 5.41) is 10.1. The lowest BCUT2D eigenvalue weighted by Gasteiger charge is -2.22. The zero-order valence-corrected chi connectivity index (χ0v) is 15.1. The Bertz CT molecular complexity index is 416. The van der Waals surface area contributed by atoms with Crippen LogP contribution in [0.5, 0.6) is 0 Å². The maximum atomic E-state index is 10.1. The average Bonchev–Trinajstić information content (AvgIpc) is 2.29. The van der Waals surface area contributed by atoms with Crippen LogP contribution in [0.3, 0.4) is 0 Å². The first-order valence-electron chi connectivity index (χ1n) is 6.01. The van der Waals surface area contributed by atoms with Gasteiger partial charge >= 0.3 is 0 Å². The van der Waals surface area contributed by atoms with Gasteiger partial charge in [-0.1, -0.05) is 29.8 Å². The lowest BCUT2D eigenvalue weighted by molar-refractivity contribution is 0.128. The van der Waals surface area contributed by atoms with Crippen LogP contribution in [-0.4, -0.2) is 11.2 Å². The van der Waals surface area contributed by atoms with Crippen molar-refractivity contribution < 1.29 is 5.11 Å². The van der Waals surface area contributed by atoms with Crippen LogP contribution in [-0.2, 0) is 0 Å². The smallest absolute Gasteiger partial charge is 0.0733 e. The molecule has 0 amide bonds. The second-order valence-electron chi connectivity index (χ2n) is 4.95. The molecule has 1 aromatic carbocycles. The summed E-state index contributed by atoms with van der Waals surface area (Å²) in [6.07, 6.45) is 1.06. The molecule has 0 fully saturated rings. The van der Waals surface area contributed by atoms with Gasteiger partial charge in [0.15, 0.2) is 0 Å². The highest BCUT2D eigenvalue weighted by molar-refractivity contribution is 9.11. The van der Waals surface area contributed by atoms with Crippen LogP contribution in [0.25, 0.3) is 0 Å². The maximum Gasteiger partial charge on any atom is 0.0733 e. The van der Waals surface area contributed by atoms with Gasteiger partial charge in [0.05, 0.1) is 17.8 Å². The molecule has 1 rings (SSSR count). The molecular formula is C13H21Br2ClN2O. The summed E-state index contributed by atoms with van der Waals surface area (Å²) in [6.45, 7) is 4.25. The molecule has 0 saturated carbocycles. The quantitative estimate of drug-likeness (QED) is 0.635. The number of nitrogen functional groups attached to an aromatic ring is 1. The van der Waals surface area contributed by atoms with Crippen LogP contribution in [0, 0.1) is 5.92 Å². The molecule has 0 aliphatic carbocycles. The van der Waals surface area contributed by atoms with Gasteiger partial charge in [0.2, 0.25) is 0 Å². The van der Waals surface area contributed by atoms with Crippen molar-refractivity contribution in [2.24, 2.45) is 11.7 Å². The van der Waals surface area contributed by atoms with Crippen LogP contribution < -0.4 is 11.5 Å². The predicted molar refractivity (Wildman–Crippen MR) is 90.5 cm³/mol. The Morgan fingerprint density at radius 2 is 1.79 bits per heavy atom. The first-order valence-corrected chi connectivity index (χ1v) is 7.59. The van der Waals surface area contributed by atoms with Gasteiger partial charge in [0.25, 0.3) is 0 Å². The Labute approximate surface area is 137 Å². The lowest BCUT2D eigenvalue weighted by atomic mass is 9.95. The van der Waals surface area contributed by atoms with E-state index >= 15 is 0 Å². The first kappa shape index (κ1) is 19.2. The largest absolute Gasteiger partial charge is 0.398 e. The normalized spacial score (nSPS) is 14.1. The average molecular weight is 417 g/mol. The monoisotopic (exact) mass is 414 g/mol. The van der Waals surface area contributed by atoms with E-state index in [9.17, 15) is 5.11 Å². The van der Waals surface area contributed by atoms with Gasteiger partial charge in [-0.3, -0.25) is 0 Å². The number of hydrogen-bond acceptors (Lipinski definition) is 3. The fourth-order valence-electron chi connectivity index (χ4n) is 1.77. The molecule has 5 N–H and O–H groups in total. The SMILES string of the molecule is CC(C)CC[C@H](O)[C@H](N)c1cc(Br)cc(Br)c1N.Cl. The number of nitrogens with two attached hydrogens (primary N) is 2. The number of aliphatic hydroxyl groups is 1. The number of anilines is 1. The van der Waals surface area contributed by atoms with Crippen molar-refractivity contribution in [3.8, 4) is 0 Å². The third-order valence-corrected chi connectivity index (χ3v) is 4.05. The number of hydrogen-bond donors (Lipinski definition) is 3. The van der Waals surface area contributed by atoms with Crippen molar-refractivity contribution in [1.29, 1.82) is 0 Å². The Morgan fingerprint density at radius 1 is 1.21 bits per heavy atom. The van der Waals surface area contributed by atoms with Crippen molar-refractivity contribution in [3.05, 3.63) is 26.6 Å². The summed E-state index contributed by atoms with van der Waals surface area (Å²) in [6, 6.07) is 3.27. The van der Waals surface area contributed by atoms with Gasteiger partial charge in [-0.2, -0.15) is 0 Å². The summed E-state index contributed by atoms with van der Waals surface area (Å²) < 4.78 is 1.68. The molecule has 0 aliphatic rings. The molecule has 0 aliphatic heterocycles. The number of benzene rings is 1. The van der Waals surface area contributed by atoms with E-state index in [0.717, 1.165) is 20.9 Å². The Morgan fingerprint density at radius 3 is 2.32 bits per heavy atom. The van der Waals surface area contributed by atoms with E-state index in [1.54, 1.807) is 0 Å². The molecule has 6 heteroatoms. The van der Waals surface area contributed by atoms with Crippen LogP contribution in [0.15, 0.2) is 21.1 Å². The van der Waals surface area contributed by atoms with Crippen LogP contribution in [0.2, 0.25) is 0 Å². The van der Waals surface area contributed by atoms with Gasteiger partial charge in [-0.15, -0.1) is 12.4 Å². The van der Waals surface area contributed by atoms with Gasteiger partial charge in [0, 0.05) is 8.95 Å². The molecule has 2 atom stereocenters. The summed E-state index contributed by atoms with van der Waals surface area (Å²) in [5.74, 6) is 0.554. The van der Waals surface area contributed by atoms with Crippen LogP contribution in [0.1, 0.15) is 38.3 Å². The molecule has 0 bridgehead atoms. The molecule has 0 saturated heterocycles. The molecule has 0 radical (unpaired) electrons. The van der Waals surface area contributed by atoms with E-state index in [1.807, 2.05) is 12.1 Å². The standard InChI is InChI=1S/C13H20Br2N2O.ClH/c1-7(2)3-4-11(18)13(17)9-5-8(14)6-10(15)12(9)16;/h5-7,11,13,18H,3-4,16-17H2,1-2H3;1H/t11-,13+;/m0./s1. The molecule has 3 nitrogen and oxygen atoms in total. The minimum atomic E-state index is -0.573. The van der Waals surface area contributed by atoms with E-state index in [4.69, 9.17) is 11.5 Å². The summed E-state index contributed by atoms with van der Waals surface area (Å²) in [5.41, 5.74) is 13.4. The van der Waals surface area contributed by atoms with Gasteiger partial charge in [0.1, 0.15) is 0 Å². The molecule has 0 spiro atoms. The summed E-state index contributed by atoms with van der Waals surface area (Å²) >= 11 is 6.79. The van der Waals surface area contributed by atoms with Crippen molar-refractivity contribution in [1.82, 2.24) is 0 Å². The molecule has 1 aromatic rings. The van der Waals surface area contributed by atoms with E-state index in [1.165, 1.54) is 0 Å². The van der Waals surface area contributed by atoms with E-state index < -0.39 is 12.1 Å². The third-order valence-electron chi connectivity index (χ3n) is 2.94. The highest BCUT2D eigenvalue weighted by Gasteiger charge is 2.20. The minimum Gasteiger partial charge on any atom is -0.398 e. The topological polar surface area (TPSA) is 72.3 Å². The lowest BCUT2D eigenvalue weighted by Crippen LogP contribution is -2.27. The second-order valence-corrected chi connectivity index (χ2v) is 6.72. The van der Waals surface area contributed by atoms with Gasteiger partial charge in [-0.25, -0.2) is 0 Å². The fourth-order valence-corrected chi connectivity index (χ4v) is 3.03. The van der Waals surface area contributed by atoms with E-state index in [0.29, 0.717) is 18.0 Å². The molecule has 0 heterocycles. The highest BCUT2D eigenvalue weighted by atomic mass is 79.9. The van der Waals surface area contributed by atoms with E-state index in [-0.39, 0.29) is 12.4 Å². The minimum absolute atomic E-state index is 0. The van der Waals surface area contributed by atoms with Crippen molar-refractivity contribution in [3.63, 3.8) is 0 Å². The number of aliphatic hydroxyl groups excluding tert-OH is 1. The molecule has 110 valence electrons. The zero-order chi connectivity index (χ0) is 13.9. The first-order chi connectivity index (χ1) is 8.32. The van der Waals surface area contributed by atoms with Crippen molar-refractivity contribution >= 4 is 50.0 Å².